The highest BCUT2D eigenvalue weighted by molar-refractivity contribution is 6.02. The minimum atomic E-state index is -0.242. The van der Waals surface area contributed by atoms with Crippen molar-refractivity contribution in [2.45, 2.75) is 26.1 Å². The smallest absolute Gasteiger partial charge is 0.274 e. The van der Waals surface area contributed by atoms with Gasteiger partial charge in [-0.3, -0.25) is 9.78 Å². The summed E-state index contributed by atoms with van der Waals surface area (Å²) in [4.78, 5) is 22.7. The number of nitrogens with one attached hydrogen (secondary N) is 1. The molecule has 2 atom stereocenters. The summed E-state index contributed by atoms with van der Waals surface area (Å²) >= 11 is 0. The molecule has 0 radical (unpaired) electrons. The van der Waals surface area contributed by atoms with E-state index in [-0.39, 0.29) is 18.1 Å². The number of aromatic nitrogens is 2. The topological polar surface area (TPSA) is 67.4 Å². The molecule has 1 aliphatic rings. The number of hydrogen-bond acceptors (Lipinski definition) is 5. The van der Waals surface area contributed by atoms with Gasteiger partial charge >= 0.3 is 0 Å². The highest BCUT2D eigenvalue weighted by Crippen LogP contribution is 2.19. The van der Waals surface area contributed by atoms with Gasteiger partial charge in [-0.15, -0.1) is 0 Å². The van der Waals surface area contributed by atoms with E-state index in [4.69, 9.17) is 4.74 Å². The molecule has 0 aliphatic carbocycles. The molecule has 3 heterocycles. The van der Waals surface area contributed by atoms with Crippen LogP contribution in [0.5, 0.6) is 0 Å². The van der Waals surface area contributed by atoms with Crippen molar-refractivity contribution < 1.29 is 9.53 Å². The lowest BCUT2D eigenvalue weighted by molar-refractivity contribution is -0.00545. The maximum Gasteiger partial charge on any atom is 0.274 e. The van der Waals surface area contributed by atoms with E-state index >= 15 is 0 Å². The number of nitrogens with zero attached hydrogens (tertiary/aromatic N) is 3. The summed E-state index contributed by atoms with van der Waals surface area (Å²) in [6, 6.07) is 9.00. The van der Waals surface area contributed by atoms with E-state index in [9.17, 15) is 4.79 Å². The summed E-state index contributed by atoms with van der Waals surface area (Å²) in [7, 11) is 0. The Hall–Kier alpha value is -2.47. The maximum atomic E-state index is 12.1. The molecule has 1 N–H and O–H groups in total. The van der Waals surface area contributed by atoms with E-state index in [1.165, 1.54) is 0 Å². The molecule has 1 saturated heterocycles. The third kappa shape index (κ3) is 3.84. The number of morpholine rings is 1. The van der Waals surface area contributed by atoms with Crippen LogP contribution in [0.15, 0.2) is 42.7 Å². The van der Waals surface area contributed by atoms with Crippen molar-refractivity contribution in [3.8, 4) is 0 Å². The second kappa shape index (κ2) is 6.75. The quantitative estimate of drug-likeness (QED) is 0.942. The molecule has 6 nitrogen and oxygen atoms in total. The summed E-state index contributed by atoms with van der Waals surface area (Å²) in [5.41, 5.74) is 1.03. The lowest BCUT2D eigenvalue weighted by atomic mass is 10.2. The van der Waals surface area contributed by atoms with Gasteiger partial charge < -0.3 is 15.0 Å². The number of anilines is 2. The number of ether oxygens (including phenoxy) is 1. The Labute approximate surface area is 135 Å². The third-order valence-corrected chi connectivity index (χ3v) is 3.65. The molecule has 2 aromatic heterocycles. The molecule has 1 fully saturated rings. The number of pyridine rings is 2. The Morgan fingerprint density at radius 3 is 2.57 bits per heavy atom. The van der Waals surface area contributed by atoms with Crippen LogP contribution < -0.4 is 10.2 Å². The molecule has 23 heavy (non-hydrogen) atoms. The van der Waals surface area contributed by atoms with Gasteiger partial charge in [0.15, 0.2) is 0 Å². The summed E-state index contributed by atoms with van der Waals surface area (Å²) in [5, 5.41) is 2.80. The van der Waals surface area contributed by atoms with E-state index < -0.39 is 0 Å². The molecular formula is C17H20N4O2. The minimum absolute atomic E-state index is 0.184. The van der Waals surface area contributed by atoms with Crippen molar-refractivity contribution in [1.82, 2.24) is 9.97 Å². The van der Waals surface area contributed by atoms with Gasteiger partial charge in [-0.25, -0.2) is 4.98 Å². The van der Waals surface area contributed by atoms with Crippen molar-refractivity contribution in [2.24, 2.45) is 0 Å². The average Bonchev–Trinajstić information content (AvgIpc) is 2.55. The van der Waals surface area contributed by atoms with Crippen molar-refractivity contribution >= 4 is 17.4 Å². The van der Waals surface area contributed by atoms with Crippen LogP contribution in [0.4, 0.5) is 11.5 Å². The fourth-order valence-corrected chi connectivity index (χ4v) is 2.70. The van der Waals surface area contributed by atoms with Crippen LogP contribution in [0.2, 0.25) is 0 Å². The van der Waals surface area contributed by atoms with E-state index in [1.54, 1.807) is 30.6 Å². The Morgan fingerprint density at radius 2 is 1.96 bits per heavy atom. The maximum absolute atomic E-state index is 12.1. The summed E-state index contributed by atoms with van der Waals surface area (Å²) < 4.78 is 5.73. The van der Waals surface area contributed by atoms with Gasteiger partial charge in [-0.2, -0.15) is 0 Å². The second-order valence-electron chi connectivity index (χ2n) is 5.74. The number of carbonyl (C=O) groups excluding carboxylic acids is 1. The largest absolute Gasteiger partial charge is 0.372 e. The zero-order valence-corrected chi connectivity index (χ0v) is 13.3. The normalized spacial score (nSPS) is 21.0. The van der Waals surface area contributed by atoms with Crippen LogP contribution in [0, 0.1) is 0 Å². The van der Waals surface area contributed by atoms with Crippen LogP contribution in [0.3, 0.4) is 0 Å². The highest BCUT2D eigenvalue weighted by atomic mass is 16.5. The molecule has 120 valence electrons. The summed E-state index contributed by atoms with van der Waals surface area (Å²) in [6.45, 7) is 5.75. The Bertz CT molecular complexity index is 650. The number of amides is 1. The summed E-state index contributed by atoms with van der Waals surface area (Å²) in [6.07, 6.45) is 3.63. The van der Waals surface area contributed by atoms with E-state index in [1.807, 2.05) is 12.1 Å². The number of carbonyl (C=O) groups is 1. The standard InChI is InChI=1S/C17H20N4O2/c1-12-10-21(11-13(2)23-12)16-7-6-14(9-19-16)20-17(22)15-5-3-4-8-18-15/h3-9,12-13H,10-11H2,1-2H3,(H,20,22)/t12-,13-/m1/s1. The Kier molecular flexibility index (Phi) is 4.52. The first kappa shape index (κ1) is 15.4. The SMILES string of the molecule is C[C@@H]1CN(c2ccc(NC(=O)c3ccccn3)cn2)C[C@@H](C)O1. The summed E-state index contributed by atoms with van der Waals surface area (Å²) in [5.74, 6) is 0.650. The third-order valence-electron chi connectivity index (χ3n) is 3.65. The zero-order valence-electron chi connectivity index (χ0n) is 13.3. The molecule has 3 rings (SSSR count). The van der Waals surface area contributed by atoms with E-state index in [0.717, 1.165) is 18.9 Å². The Morgan fingerprint density at radius 1 is 1.17 bits per heavy atom. The van der Waals surface area contributed by atoms with Crippen molar-refractivity contribution in [1.29, 1.82) is 0 Å². The Balaban J connectivity index is 1.66. The van der Waals surface area contributed by atoms with Crippen LogP contribution in [-0.2, 0) is 4.74 Å². The van der Waals surface area contributed by atoms with Gasteiger partial charge in [-0.05, 0) is 38.1 Å². The van der Waals surface area contributed by atoms with Gasteiger partial charge in [0.1, 0.15) is 11.5 Å². The van der Waals surface area contributed by atoms with Crippen LogP contribution >= 0.6 is 0 Å². The van der Waals surface area contributed by atoms with E-state index in [2.05, 4.69) is 34.0 Å². The number of hydrogen-bond donors (Lipinski definition) is 1. The van der Waals surface area contributed by atoms with Gasteiger partial charge in [0, 0.05) is 19.3 Å². The molecule has 1 amide bonds. The van der Waals surface area contributed by atoms with Crippen molar-refractivity contribution in [2.75, 3.05) is 23.3 Å². The molecular weight excluding hydrogens is 292 g/mol. The molecule has 0 bridgehead atoms. The predicted molar refractivity (Wildman–Crippen MR) is 88.6 cm³/mol. The van der Waals surface area contributed by atoms with Crippen LogP contribution in [-0.4, -0.2) is 41.2 Å². The molecule has 0 saturated carbocycles. The van der Waals surface area contributed by atoms with Crippen LogP contribution in [0.25, 0.3) is 0 Å². The zero-order chi connectivity index (χ0) is 16.2. The predicted octanol–water partition coefficient (Wildman–Crippen LogP) is 2.34. The number of rotatable bonds is 3. The van der Waals surface area contributed by atoms with Crippen molar-refractivity contribution in [3.63, 3.8) is 0 Å². The van der Waals surface area contributed by atoms with Gasteiger partial charge in [0.25, 0.3) is 5.91 Å². The fraction of sp³-hybridized carbons (Fsp3) is 0.353. The molecule has 0 spiro atoms. The van der Waals surface area contributed by atoms with Crippen molar-refractivity contribution in [3.05, 3.63) is 48.4 Å². The molecule has 0 aromatic carbocycles. The lowest BCUT2D eigenvalue weighted by Crippen LogP contribution is -2.45. The molecule has 6 heteroatoms. The highest BCUT2D eigenvalue weighted by Gasteiger charge is 2.23. The monoisotopic (exact) mass is 312 g/mol. The van der Waals surface area contributed by atoms with E-state index in [0.29, 0.717) is 11.4 Å². The molecule has 0 unspecified atom stereocenters. The van der Waals surface area contributed by atoms with Gasteiger partial charge in [0.05, 0.1) is 24.1 Å². The van der Waals surface area contributed by atoms with Gasteiger partial charge in [-0.1, -0.05) is 6.07 Å². The first-order chi connectivity index (χ1) is 11.1. The first-order valence-electron chi connectivity index (χ1n) is 7.70. The first-order valence-corrected chi connectivity index (χ1v) is 7.70. The van der Waals surface area contributed by atoms with Crippen LogP contribution in [0.1, 0.15) is 24.3 Å². The minimum Gasteiger partial charge on any atom is -0.372 e. The fourth-order valence-electron chi connectivity index (χ4n) is 2.70. The second-order valence-corrected chi connectivity index (χ2v) is 5.74. The molecule has 2 aromatic rings. The molecule has 1 aliphatic heterocycles. The lowest BCUT2D eigenvalue weighted by Gasteiger charge is -2.36. The average molecular weight is 312 g/mol. The van der Waals surface area contributed by atoms with Gasteiger partial charge in [0.2, 0.25) is 0 Å².